The molecule has 0 N–H and O–H groups in total. The van der Waals surface area contributed by atoms with Crippen molar-refractivity contribution in [3.05, 3.63) is 68.7 Å². The Morgan fingerprint density at radius 1 is 1.11 bits per heavy atom. The Labute approximate surface area is 128 Å². The zero-order valence-corrected chi connectivity index (χ0v) is 12.7. The monoisotopic (exact) mass is 364 g/mol. The first-order valence-electron chi connectivity index (χ1n) is 5.51. The topological polar surface area (TPSA) is 0 Å². The van der Waals surface area contributed by atoms with Gasteiger partial charge in [-0.1, -0.05) is 39.7 Å². The lowest BCUT2D eigenvalue weighted by Gasteiger charge is -2.13. The molecule has 0 spiro atoms. The molecule has 0 nitrogen and oxygen atoms in total. The minimum Gasteiger partial charge on any atom is -0.207 e. The van der Waals surface area contributed by atoms with E-state index in [9.17, 15) is 8.78 Å². The Morgan fingerprint density at radius 2 is 1.74 bits per heavy atom. The summed E-state index contributed by atoms with van der Waals surface area (Å²) in [6.07, 6.45) is 0.0697. The van der Waals surface area contributed by atoms with Crippen LogP contribution in [0.3, 0.4) is 0 Å². The van der Waals surface area contributed by atoms with Crippen LogP contribution in [0.1, 0.15) is 16.5 Å². The fraction of sp³-hybridized carbons (Fsp3) is 0.143. The minimum absolute atomic E-state index is 0.00986. The van der Waals surface area contributed by atoms with E-state index >= 15 is 0 Å². The smallest absolute Gasteiger partial charge is 0.129 e. The van der Waals surface area contributed by atoms with Gasteiger partial charge in [-0.25, -0.2) is 8.78 Å². The molecular formula is C14H9BrCl2F2. The maximum absolute atomic E-state index is 13.6. The summed E-state index contributed by atoms with van der Waals surface area (Å²) in [5, 5.41) is 0.0228. The first-order chi connectivity index (χ1) is 8.99. The molecule has 0 aliphatic rings. The summed E-state index contributed by atoms with van der Waals surface area (Å²) >= 11 is 15.4. The molecule has 0 aliphatic heterocycles. The van der Waals surface area contributed by atoms with Gasteiger partial charge >= 0.3 is 0 Å². The second kappa shape index (κ2) is 6.21. The Bertz CT molecular complexity index is 582. The van der Waals surface area contributed by atoms with Crippen molar-refractivity contribution in [3.63, 3.8) is 0 Å². The molecule has 0 bridgehead atoms. The average Bonchev–Trinajstić information content (AvgIpc) is 2.33. The normalized spacial score (nSPS) is 12.5. The molecule has 0 radical (unpaired) electrons. The predicted octanol–water partition coefficient (Wildman–Crippen LogP) is 5.90. The van der Waals surface area contributed by atoms with Crippen molar-refractivity contribution in [2.75, 3.05) is 0 Å². The van der Waals surface area contributed by atoms with E-state index in [-0.39, 0.29) is 12.0 Å². The van der Waals surface area contributed by atoms with Crippen molar-refractivity contribution in [1.82, 2.24) is 0 Å². The van der Waals surface area contributed by atoms with Crippen molar-refractivity contribution in [2.24, 2.45) is 0 Å². The molecule has 0 saturated heterocycles. The summed E-state index contributed by atoms with van der Waals surface area (Å²) in [4.78, 5) is 0. The molecular weight excluding hydrogens is 357 g/mol. The van der Waals surface area contributed by atoms with Gasteiger partial charge in [-0.2, -0.15) is 0 Å². The van der Waals surface area contributed by atoms with Gasteiger partial charge in [0.15, 0.2) is 0 Å². The third-order valence-electron chi connectivity index (χ3n) is 2.74. The third kappa shape index (κ3) is 3.47. The minimum atomic E-state index is -0.587. The van der Waals surface area contributed by atoms with Crippen molar-refractivity contribution < 1.29 is 8.78 Å². The molecule has 0 amide bonds. The molecule has 0 aliphatic carbocycles. The standard InChI is InChI=1S/C14H9BrCl2F2/c15-11-6-8(16)4-5-9(11)12(17)7-10-13(18)2-1-3-14(10)19/h1-6,12H,7H2. The van der Waals surface area contributed by atoms with E-state index in [4.69, 9.17) is 23.2 Å². The molecule has 1 unspecified atom stereocenters. The Morgan fingerprint density at radius 3 is 2.32 bits per heavy atom. The van der Waals surface area contributed by atoms with Crippen LogP contribution in [0, 0.1) is 11.6 Å². The van der Waals surface area contributed by atoms with Gasteiger partial charge in [0.05, 0.1) is 5.38 Å². The summed E-state index contributed by atoms with van der Waals surface area (Å²) in [6.45, 7) is 0. The van der Waals surface area contributed by atoms with E-state index in [2.05, 4.69) is 15.9 Å². The predicted molar refractivity (Wildman–Crippen MR) is 77.8 cm³/mol. The average molecular weight is 366 g/mol. The van der Waals surface area contributed by atoms with E-state index in [1.165, 1.54) is 18.2 Å². The van der Waals surface area contributed by atoms with Crippen molar-refractivity contribution in [3.8, 4) is 0 Å². The van der Waals surface area contributed by atoms with E-state index in [0.717, 1.165) is 10.0 Å². The van der Waals surface area contributed by atoms with Gasteiger partial charge in [0.1, 0.15) is 11.6 Å². The first kappa shape index (κ1) is 14.8. The molecule has 0 saturated carbocycles. The van der Waals surface area contributed by atoms with Crippen LogP contribution in [0.15, 0.2) is 40.9 Å². The van der Waals surface area contributed by atoms with Crippen LogP contribution in [0.2, 0.25) is 5.02 Å². The highest BCUT2D eigenvalue weighted by molar-refractivity contribution is 9.10. The highest BCUT2D eigenvalue weighted by Gasteiger charge is 2.17. The second-order valence-electron chi connectivity index (χ2n) is 4.04. The maximum Gasteiger partial charge on any atom is 0.129 e. The number of hydrogen-bond donors (Lipinski definition) is 0. The molecule has 0 heterocycles. The SMILES string of the molecule is Fc1cccc(F)c1CC(Cl)c1ccc(Cl)cc1Br. The molecule has 2 aromatic rings. The summed E-state index contributed by atoms with van der Waals surface area (Å²) in [7, 11) is 0. The molecule has 19 heavy (non-hydrogen) atoms. The van der Waals surface area contributed by atoms with Gasteiger partial charge in [0.2, 0.25) is 0 Å². The zero-order valence-electron chi connectivity index (χ0n) is 9.64. The van der Waals surface area contributed by atoms with Gasteiger partial charge in [-0.15, -0.1) is 11.6 Å². The molecule has 100 valence electrons. The quantitative estimate of drug-likeness (QED) is 0.593. The Kier molecular flexibility index (Phi) is 4.82. The number of benzene rings is 2. The molecule has 2 rings (SSSR count). The van der Waals surface area contributed by atoms with Crippen LogP contribution < -0.4 is 0 Å². The van der Waals surface area contributed by atoms with Crippen LogP contribution in [-0.4, -0.2) is 0 Å². The van der Waals surface area contributed by atoms with Gasteiger partial charge < -0.3 is 0 Å². The number of hydrogen-bond acceptors (Lipinski definition) is 0. The molecule has 1 atom stereocenters. The van der Waals surface area contributed by atoms with Gasteiger partial charge in [-0.05, 0) is 36.2 Å². The number of halogens is 5. The lowest BCUT2D eigenvalue weighted by molar-refractivity contribution is 0.553. The Hall–Kier alpha value is -0.640. The van der Waals surface area contributed by atoms with Crippen molar-refractivity contribution in [2.45, 2.75) is 11.8 Å². The molecule has 0 aromatic heterocycles. The largest absolute Gasteiger partial charge is 0.207 e. The summed E-state index contributed by atoms with van der Waals surface area (Å²) < 4.78 is 27.8. The lowest BCUT2D eigenvalue weighted by Crippen LogP contribution is -2.02. The summed E-state index contributed by atoms with van der Waals surface area (Å²) in [5.41, 5.74) is 0.734. The Balaban J connectivity index is 2.28. The van der Waals surface area contributed by atoms with Crippen LogP contribution in [0.25, 0.3) is 0 Å². The lowest BCUT2D eigenvalue weighted by atomic mass is 10.0. The summed E-state index contributed by atoms with van der Waals surface area (Å²) in [5.74, 6) is -1.17. The van der Waals surface area contributed by atoms with E-state index in [1.807, 2.05) is 0 Å². The number of rotatable bonds is 3. The van der Waals surface area contributed by atoms with Crippen molar-refractivity contribution in [1.29, 1.82) is 0 Å². The highest BCUT2D eigenvalue weighted by atomic mass is 79.9. The molecule has 5 heteroatoms. The number of alkyl halides is 1. The fourth-order valence-electron chi connectivity index (χ4n) is 1.77. The summed E-state index contributed by atoms with van der Waals surface area (Å²) in [6, 6.07) is 8.90. The van der Waals surface area contributed by atoms with E-state index < -0.39 is 17.0 Å². The van der Waals surface area contributed by atoms with Crippen LogP contribution in [0.5, 0.6) is 0 Å². The highest BCUT2D eigenvalue weighted by Crippen LogP contribution is 2.33. The maximum atomic E-state index is 13.6. The fourth-order valence-corrected chi connectivity index (χ4v) is 3.21. The zero-order chi connectivity index (χ0) is 14.0. The van der Waals surface area contributed by atoms with E-state index in [1.54, 1.807) is 18.2 Å². The van der Waals surface area contributed by atoms with Crippen molar-refractivity contribution >= 4 is 39.1 Å². The van der Waals surface area contributed by atoms with Gasteiger partial charge in [0, 0.05) is 15.1 Å². The molecule has 2 aromatic carbocycles. The first-order valence-corrected chi connectivity index (χ1v) is 7.11. The molecule has 0 fully saturated rings. The third-order valence-corrected chi connectivity index (χ3v) is 4.06. The van der Waals surface area contributed by atoms with Gasteiger partial charge in [-0.3, -0.25) is 0 Å². The van der Waals surface area contributed by atoms with E-state index in [0.29, 0.717) is 5.02 Å². The van der Waals surface area contributed by atoms with Gasteiger partial charge in [0.25, 0.3) is 0 Å². The van der Waals surface area contributed by atoms with Crippen LogP contribution in [0.4, 0.5) is 8.78 Å². The van der Waals surface area contributed by atoms with Crippen LogP contribution in [-0.2, 0) is 6.42 Å². The van der Waals surface area contributed by atoms with Crippen LogP contribution >= 0.6 is 39.1 Å². The second-order valence-corrected chi connectivity index (χ2v) is 5.86.